The molecule has 0 radical (unpaired) electrons. The zero-order chi connectivity index (χ0) is 13.7. The first-order valence-corrected chi connectivity index (χ1v) is 5.62. The molecule has 0 spiro atoms. The van der Waals surface area contributed by atoms with Gasteiger partial charge in [0.1, 0.15) is 5.75 Å². The van der Waals surface area contributed by atoms with E-state index < -0.39 is 4.92 Å². The molecule has 0 saturated heterocycles. The SMILES string of the molecule is CC[C@H](C)C(=O)Nc1cc([N+](=O)[O-])ccc1OC. The highest BCUT2D eigenvalue weighted by Crippen LogP contribution is 2.29. The van der Waals surface area contributed by atoms with Crippen molar-refractivity contribution in [3.05, 3.63) is 28.3 Å². The summed E-state index contributed by atoms with van der Waals surface area (Å²) in [5.74, 6) is 0.0579. The van der Waals surface area contributed by atoms with Crippen LogP contribution in [0.5, 0.6) is 5.75 Å². The van der Waals surface area contributed by atoms with E-state index in [-0.39, 0.29) is 17.5 Å². The minimum Gasteiger partial charge on any atom is -0.495 e. The number of methoxy groups -OCH3 is 1. The summed E-state index contributed by atoms with van der Waals surface area (Å²) in [7, 11) is 1.44. The van der Waals surface area contributed by atoms with Gasteiger partial charge >= 0.3 is 0 Å². The summed E-state index contributed by atoms with van der Waals surface area (Å²) in [6.45, 7) is 3.69. The van der Waals surface area contributed by atoms with Crippen molar-refractivity contribution in [2.45, 2.75) is 20.3 Å². The fourth-order valence-electron chi connectivity index (χ4n) is 1.35. The molecule has 0 saturated carbocycles. The number of hydrogen-bond acceptors (Lipinski definition) is 4. The summed E-state index contributed by atoms with van der Waals surface area (Å²) in [6, 6.07) is 4.08. The van der Waals surface area contributed by atoms with Crippen LogP contribution in [0.3, 0.4) is 0 Å². The molecule has 0 aliphatic heterocycles. The van der Waals surface area contributed by atoms with Gasteiger partial charge in [0.25, 0.3) is 5.69 Å². The largest absolute Gasteiger partial charge is 0.495 e. The Morgan fingerprint density at radius 1 is 1.56 bits per heavy atom. The molecule has 1 N–H and O–H groups in total. The molecule has 0 aliphatic carbocycles. The lowest BCUT2D eigenvalue weighted by molar-refractivity contribution is -0.384. The van der Waals surface area contributed by atoms with E-state index in [1.54, 1.807) is 6.92 Å². The maximum atomic E-state index is 11.8. The number of nitrogens with one attached hydrogen (secondary N) is 1. The van der Waals surface area contributed by atoms with Gasteiger partial charge in [0, 0.05) is 18.1 Å². The first kappa shape index (κ1) is 14.0. The normalized spacial score (nSPS) is 11.7. The molecule has 6 nitrogen and oxygen atoms in total. The van der Waals surface area contributed by atoms with Crippen LogP contribution in [-0.2, 0) is 4.79 Å². The van der Waals surface area contributed by atoms with Crippen LogP contribution in [0.2, 0.25) is 0 Å². The van der Waals surface area contributed by atoms with Gasteiger partial charge in [-0.15, -0.1) is 0 Å². The second kappa shape index (κ2) is 6.00. The maximum Gasteiger partial charge on any atom is 0.271 e. The molecule has 6 heteroatoms. The van der Waals surface area contributed by atoms with Crippen LogP contribution in [0.25, 0.3) is 0 Å². The molecule has 0 fully saturated rings. The summed E-state index contributed by atoms with van der Waals surface area (Å²) in [4.78, 5) is 21.9. The van der Waals surface area contributed by atoms with Crippen LogP contribution in [0.1, 0.15) is 20.3 Å². The Morgan fingerprint density at radius 3 is 2.72 bits per heavy atom. The first-order chi connectivity index (χ1) is 8.49. The number of carbonyl (C=O) groups excluding carboxylic acids is 1. The van der Waals surface area contributed by atoms with Crippen LogP contribution in [0.4, 0.5) is 11.4 Å². The van der Waals surface area contributed by atoms with Gasteiger partial charge in [0.05, 0.1) is 17.7 Å². The average molecular weight is 252 g/mol. The number of nitrogens with zero attached hydrogens (tertiary/aromatic N) is 1. The van der Waals surface area contributed by atoms with Crippen molar-refractivity contribution < 1.29 is 14.5 Å². The molecule has 1 atom stereocenters. The van der Waals surface area contributed by atoms with Crippen LogP contribution in [0.15, 0.2) is 18.2 Å². The lowest BCUT2D eigenvalue weighted by Crippen LogP contribution is -2.20. The van der Waals surface area contributed by atoms with Crippen molar-refractivity contribution in [2.75, 3.05) is 12.4 Å². The summed E-state index contributed by atoms with van der Waals surface area (Å²) in [5.41, 5.74) is 0.229. The van der Waals surface area contributed by atoms with Crippen molar-refractivity contribution in [3.63, 3.8) is 0 Å². The zero-order valence-electron chi connectivity index (χ0n) is 10.6. The van der Waals surface area contributed by atoms with Gasteiger partial charge < -0.3 is 10.1 Å². The van der Waals surface area contributed by atoms with Crippen molar-refractivity contribution in [2.24, 2.45) is 5.92 Å². The average Bonchev–Trinajstić information content (AvgIpc) is 2.37. The summed E-state index contributed by atoms with van der Waals surface area (Å²) in [6.07, 6.45) is 0.697. The third-order valence-electron chi connectivity index (χ3n) is 2.71. The van der Waals surface area contributed by atoms with E-state index in [9.17, 15) is 14.9 Å². The van der Waals surface area contributed by atoms with Crippen molar-refractivity contribution in [1.29, 1.82) is 0 Å². The lowest BCUT2D eigenvalue weighted by Gasteiger charge is -2.12. The summed E-state index contributed by atoms with van der Waals surface area (Å²) < 4.78 is 5.06. The zero-order valence-corrected chi connectivity index (χ0v) is 10.6. The van der Waals surface area contributed by atoms with E-state index in [2.05, 4.69) is 5.32 Å². The Labute approximate surface area is 105 Å². The number of non-ortho nitro benzene ring substituents is 1. The number of nitro groups is 1. The Bertz CT molecular complexity index is 459. The van der Waals surface area contributed by atoms with E-state index >= 15 is 0 Å². The van der Waals surface area contributed by atoms with Crippen LogP contribution in [-0.4, -0.2) is 17.9 Å². The molecule has 0 aromatic heterocycles. The Kier molecular flexibility index (Phi) is 4.65. The molecule has 0 unspecified atom stereocenters. The van der Waals surface area contributed by atoms with Gasteiger partial charge in [0.15, 0.2) is 0 Å². The predicted molar refractivity (Wildman–Crippen MR) is 67.7 cm³/mol. The Hall–Kier alpha value is -2.11. The number of carbonyl (C=O) groups is 1. The number of hydrogen-bond donors (Lipinski definition) is 1. The minimum absolute atomic E-state index is 0.0877. The molecule has 1 aromatic carbocycles. The molecular weight excluding hydrogens is 236 g/mol. The number of nitro benzene ring substituents is 1. The van der Waals surface area contributed by atoms with Gasteiger partial charge in [-0.3, -0.25) is 14.9 Å². The van der Waals surface area contributed by atoms with Gasteiger partial charge in [0.2, 0.25) is 5.91 Å². The van der Waals surface area contributed by atoms with E-state index in [1.165, 1.54) is 25.3 Å². The topological polar surface area (TPSA) is 81.5 Å². The van der Waals surface area contributed by atoms with Gasteiger partial charge in [-0.1, -0.05) is 13.8 Å². The standard InChI is InChI=1S/C12H16N2O4/c1-4-8(2)12(15)13-10-7-9(14(16)17)5-6-11(10)18-3/h5-8H,4H2,1-3H3,(H,13,15)/t8-/m0/s1. The number of amides is 1. The highest BCUT2D eigenvalue weighted by molar-refractivity contribution is 5.94. The molecule has 0 heterocycles. The van der Waals surface area contributed by atoms with Crippen LogP contribution >= 0.6 is 0 Å². The number of anilines is 1. The van der Waals surface area contributed by atoms with E-state index in [0.717, 1.165) is 0 Å². The number of benzene rings is 1. The van der Waals surface area contributed by atoms with Crippen LogP contribution in [0, 0.1) is 16.0 Å². The predicted octanol–water partition coefficient (Wildman–Crippen LogP) is 2.59. The van der Waals surface area contributed by atoms with E-state index in [4.69, 9.17) is 4.74 Å². The van der Waals surface area contributed by atoms with Gasteiger partial charge in [-0.25, -0.2) is 0 Å². The fraction of sp³-hybridized carbons (Fsp3) is 0.417. The van der Waals surface area contributed by atoms with Gasteiger partial charge in [-0.2, -0.15) is 0 Å². The molecule has 1 amide bonds. The van der Waals surface area contributed by atoms with Crippen molar-refractivity contribution in [1.82, 2.24) is 0 Å². The van der Waals surface area contributed by atoms with Gasteiger partial charge in [-0.05, 0) is 12.5 Å². The minimum atomic E-state index is -0.516. The molecule has 1 rings (SSSR count). The fourth-order valence-corrected chi connectivity index (χ4v) is 1.35. The molecule has 0 aliphatic rings. The monoisotopic (exact) mass is 252 g/mol. The molecule has 98 valence electrons. The summed E-state index contributed by atoms with van der Waals surface area (Å²) >= 11 is 0. The molecule has 0 bridgehead atoms. The highest BCUT2D eigenvalue weighted by atomic mass is 16.6. The highest BCUT2D eigenvalue weighted by Gasteiger charge is 2.16. The van der Waals surface area contributed by atoms with Crippen LogP contribution < -0.4 is 10.1 Å². The molecule has 18 heavy (non-hydrogen) atoms. The number of rotatable bonds is 5. The quantitative estimate of drug-likeness (QED) is 0.645. The third-order valence-corrected chi connectivity index (χ3v) is 2.71. The maximum absolute atomic E-state index is 11.8. The van der Waals surface area contributed by atoms with Crippen molar-refractivity contribution >= 4 is 17.3 Å². The Balaban J connectivity index is 3.01. The van der Waals surface area contributed by atoms with Crippen molar-refractivity contribution in [3.8, 4) is 5.75 Å². The second-order valence-corrected chi connectivity index (χ2v) is 3.94. The van der Waals surface area contributed by atoms with E-state index in [1.807, 2.05) is 6.92 Å². The Morgan fingerprint density at radius 2 is 2.22 bits per heavy atom. The van der Waals surface area contributed by atoms with E-state index in [0.29, 0.717) is 17.9 Å². The third kappa shape index (κ3) is 3.19. The lowest BCUT2D eigenvalue weighted by atomic mass is 10.1. The molecular formula is C12H16N2O4. The smallest absolute Gasteiger partial charge is 0.271 e. The first-order valence-electron chi connectivity index (χ1n) is 5.62. The second-order valence-electron chi connectivity index (χ2n) is 3.94. The molecule has 1 aromatic rings. The number of ether oxygens (including phenoxy) is 1. The summed E-state index contributed by atoms with van der Waals surface area (Å²) in [5, 5.41) is 13.3.